The second kappa shape index (κ2) is 2.69. The first-order valence-corrected chi connectivity index (χ1v) is 4.77. The third-order valence-corrected chi connectivity index (χ3v) is 3.01. The summed E-state index contributed by atoms with van der Waals surface area (Å²) in [6.07, 6.45) is 2.17. The molecule has 0 aromatic carbocycles. The van der Waals surface area contributed by atoms with Gasteiger partial charge in [-0.25, -0.2) is 0 Å². The molecule has 2 fully saturated rings. The predicted molar refractivity (Wildman–Crippen MR) is 47.9 cm³/mol. The highest BCUT2D eigenvalue weighted by molar-refractivity contribution is 5.87. The number of β-lactam (4-membered cyclic amide) rings is 1. The van der Waals surface area contributed by atoms with Crippen LogP contribution in [0.5, 0.6) is 0 Å². The first kappa shape index (κ1) is 8.97. The van der Waals surface area contributed by atoms with E-state index in [1.54, 1.807) is 4.90 Å². The molecule has 1 saturated heterocycles. The second-order valence-electron chi connectivity index (χ2n) is 4.46. The molecule has 0 bridgehead atoms. The van der Waals surface area contributed by atoms with Crippen molar-refractivity contribution in [1.29, 1.82) is 0 Å². The molecule has 1 aliphatic heterocycles. The minimum atomic E-state index is -0.699. The van der Waals surface area contributed by atoms with Crippen molar-refractivity contribution in [3.8, 4) is 0 Å². The zero-order valence-electron chi connectivity index (χ0n) is 7.86. The highest BCUT2D eigenvalue weighted by Gasteiger charge is 2.45. The summed E-state index contributed by atoms with van der Waals surface area (Å²) >= 11 is 0. The lowest BCUT2D eigenvalue weighted by Gasteiger charge is -2.40. The molecule has 1 amide bonds. The molecule has 74 valence electrons. The van der Waals surface area contributed by atoms with Gasteiger partial charge in [0.2, 0.25) is 5.91 Å². The lowest BCUT2D eigenvalue weighted by Crippen LogP contribution is -2.64. The minimum absolute atomic E-state index is 0.0269. The number of carbonyl (C=O) groups excluding carboxylic acids is 1. The number of aliphatic hydroxyl groups is 1. The number of nitrogens with two attached hydrogens (primary N) is 1. The Morgan fingerprint density at radius 1 is 1.69 bits per heavy atom. The van der Waals surface area contributed by atoms with Crippen LogP contribution in [0.2, 0.25) is 0 Å². The monoisotopic (exact) mass is 184 g/mol. The summed E-state index contributed by atoms with van der Waals surface area (Å²) in [5.41, 5.74) is 4.75. The van der Waals surface area contributed by atoms with Crippen LogP contribution in [0.3, 0.4) is 0 Å². The van der Waals surface area contributed by atoms with E-state index >= 15 is 0 Å². The molecule has 0 radical (unpaired) electrons. The molecule has 4 nitrogen and oxygen atoms in total. The Balaban J connectivity index is 1.87. The van der Waals surface area contributed by atoms with E-state index in [1.807, 2.05) is 6.92 Å². The Morgan fingerprint density at radius 3 is 2.69 bits per heavy atom. The Labute approximate surface area is 77.7 Å². The fourth-order valence-electron chi connectivity index (χ4n) is 1.89. The molecule has 0 aromatic heterocycles. The van der Waals surface area contributed by atoms with Crippen LogP contribution in [0.4, 0.5) is 0 Å². The average Bonchev–Trinajstić information content (AvgIpc) is 2.85. The van der Waals surface area contributed by atoms with Gasteiger partial charge in [-0.15, -0.1) is 0 Å². The second-order valence-corrected chi connectivity index (χ2v) is 4.46. The van der Waals surface area contributed by atoms with E-state index < -0.39 is 5.60 Å². The van der Waals surface area contributed by atoms with Gasteiger partial charge in [0.05, 0.1) is 5.60 Å². The summed E-state index contributed by atoms with van der Waals surface area (Å²) in [6.45, 7) is 2.85. The van der Waals surface area contributed by atoms with Crippen molar-refractivity contribution in [2.24, 2.45) is 11.7 Å². The summed E-state index contributed by atoms with van der Waals surface area (Å²) in [4.78, 5) is 12.8. The predicted octanol–water partition coefficient (Wildman–Crippen LogP) is -0.683. The number of amides is 1. The van der Waals surface area contributed by atoms with Crippen LogP contribution in [0.1, 0.15) is 19.8 Å². The molecule has 1 heterocycles. The summed E-state index contributed by atoms with van der Waals surface area (Å²) in [5.74, 6) is 0.359. The van der Waals surface area contributed by atoms with Crippen molar-refractivity contribution in [3.63, 3.8) is 0 Å². The van der Waals surface area contributed by atoms with Crippen molar-refractivity contribution in [1.82, 2.24) is 4.90 Å². The van der Waals surface area contributed by atoms with Crippen molar-refractivity contribution in [2.45, 2.75) is 31.4 Å². The summed E-state index contributed by atoms with van der Waals surface area (Å²) in [5, 5.41) is 9.96. The van der Waals surface area contributed by atoms with Crippen LogP contribution in [0, 0.1) is 5.92 Å². The van der Waals surface area contributed by atoms with Gasteiger partial charge in [0.15, 0.2) is 0 Å². The molecule has 4 heteroatoms. The first-order chi connectivity index (χ1) is 6.00. The first-order valence-electron chi connectivity index (χ1n) is 4.77. The molecule has 2 rings (SSSR count). The number of β-amino-alcohol motifs (C(OH)–C–C–N with tert-alkyl or cyclic N) is 1. The van der Waals surface area contributed by atoms with Crippen LogP contribution in [0.25, 0.3) is 0 Å². The quantitative estimate of drug-likeness (QED) is 0.571. The normalized spacial score (nSPS) is 32.7. The van der Waals surface area contributed by atoms with Gasteiger partial charge in [-0.1, -0.05) is 0 Å². The SMILES string of the molecule is CC(O)(CN1CC(N)C1=O)C1CC1. The molecule has 1 aliphatic carbocycles. The maximum absolute atomic E-state index is 11.2. The molecule has 0 aromatic rings. The minimum Gasteiger partial charge on any atom is -0.388 e. The standard InChI is InChI=1S/C9H16N2O2/c1-9(13,6-2-3-6)5-11-4-7(10)8(11)12/h6-7,13H,2-5,10H2,1H3. The van der Waals surface area contributed by atoms with Gasteiger partial charge in [-0.3, -0.25) is 4.79 Å². The molecule has 13 heavy (non-hydrogen) atoms. The summed E-state index contributed by atoms with van der Waals surface area (Å²) in [7, 11) is 0. The number of rotatable bonds is 3. The Hall–Kier alpha value is -0.610. The Morgan fingerprint density at radius 2 is 2.31 bits per heavy atom. The number of nitrogens with zero attached hydrogens (tertiary/aromatic N) is 1. The third-order valence-electron chi connectivity index (χ3n) is 3.01. The van der Waals surface area contributed by atoms with Crippen LogP contribution in [-0.4, -0.2) is 40.6 Å². The van der Waals surface area contributed by atoms with Gasteiger partial charge in [-0.2, -0.15) is 0 Å². The van der Waals surface area contributed by atoms with Gasteiger partial charge < -0.3 is 15.7 Å². The van der Waals surface area contributed by atoms with E-state index in [4.69, 9.17) is 5.73 Å². The zero-order chi connectivity index (χ0) is 9.64. The van der Waals surface area contributed by atoms with Gasteiger partial charge in [0.25, 0.3) is 0 Å². The largest absolute Gasteiger partial charge is 0.388 e. The maximum atomic E-state index is 11.2. The van der Waals surface area contributed by atoms with Crippen LogP contribution in [0.15, 0.2) is 0 Å². The molecule has 3 N–H and O–H groups in total. The molecular formula is C9H16N2O2. The maximum Gasteiger partial charge on any atom is 0.241 e. The average molecular weight is 184 g/mol. The lowest BCUT2D eigenvalue weighted by atomic mass is 9.97. The molecule has 2 unspecified atom stereocenters. The molecule has 0 spiro atoms. The van der Waals surface area contributed by atoms with E-state index in [-0.39, 0.29) is 11.9 Å². The van der Waals surface area contributed by atoms with E-state index in [0.717, 1.165) is 12.8 Å². The van der Waals surface area contributed by atoms with Crippen molar-refractivity contribution in [3.05, 3.63) is 0 Å². The number of carbonyl (C=O) groups is 1. The molecule has 1 saturated carbocycles. The third kappa shape index (κ3) is 1.56. The highest BCUT2D eigenvalue weighted by Crippen LogP contribution is 2.40. The molecular weight excluding hydrogens is 168 g/mol. The topological polar surface area (TPSA) is 66.6 Å². The van der Waals surface area contributed by atoms with Gasteiger partial charge >= 0.3 is 0 Å². The van der Waals surface area contributed by atoms with Crippen LogP contribution in [-0.2, 0) is 4.79 Å². The summed E-state index contributed by atoms with van der Waals surface area (Å²) < 4.78 is 0. The van der Waals surface area contributed by atoms with Crippen molar-refractivity contribution >= 4 is 5.91 Å². The van der Waals surface area contributed by atoms with E-state index in [2.05, 4.69) is 0 Å². The highest BCUT2D eigenvalue weighted by atomic mass is 16.3. The Bertz CT molecular complexity index is 236. The fraction of sp³-hybridized carbons (Fsp3) is 0.889. The lowest BCUT2D eigenvalue weighted by molar-refractivity contribution is -0.147. The van der Waals surface area contributed by atoms with Gasteiger partial charge in [0.1, 0.15) is 6.04 Å². The van der Waals surface area contributed by atoms with Crippen molar-refractivity contribution in [2.75, 3.05) is 13.1 Å². The van der Waals surface area contributed by atoms with Gasteiger partial charge in [0, 0.05) is 13.1 Å². The zero-order valence-corrected chi connectivity index (χ0v) is 7.86. The van der Waals surface area contributed by atoms with Gasteiger partial charge in [-0.05, 0) is 25.7 Å². The van der Waals surface area contributed by atoms with E-state index in [0.29, 0.717) is 19.0 Å². The molecule has 2 aliphatic rings. The summed E-state index contributed by atoms with van der Waals surface area (Å²) in [6, 6.07) is -0.324. The van der Waals surface area contributed by atoms with E-state index in [9.17, 15) is 9.90 Å². The smallest absolute Gasteiger partial charge is 0.241 e. The van der Waals surface area contributed by atoms with Crippen LogP contribution >= 0.6 is 0 Å². The number of hydrogen-bond donors (Lipinski definition) is 2. The van der Waals surface area contributed by atoms with Crippen molar-refractivity contribution < 1.29 is 9.90 Å². The fourth-order valence-corrected chi connectivity index (χ4v) is 1.89. The van der Waals surface area contributed by atoms with E-state index in [1.165, 1.54) is 0 Å². The number of likely N-dealkylation sites (tertiary alicyclic amines) is 1. The number of hydrogen-bond acceptors (Lipinski definition) is 3. The Kier molecular flexibility index (Phi) is 1.85. The molecule has 2 atom stereocenters. The van der Waals surface area contributed by atoms with Crippen LogP contribution < -0.4 is 5.73 Å².